The Morgan fingerprint density at radius 1 is 1.26 bits per heavy atom. The van der Waals surface area contributed by atoms with Gasteiger partial charge in [-0.2, -0.15) is 0 Å². The number of hydrogen-bond acceptors (Lipinski definition) is 6. The van der Waals surface area contributed by atoms with E-state index in [1.807, 2.05) is 12.1 Å². The second kappa shape index (κ2) is 8.95. The van der Waals surface area contributed by atoms with E-state index in [0.717, 1.165) is 11.3 Å². The second-order valence-electron chi connectivity index (χ2n) is 5.93. The normalized spacial score (nSPS) is 14.2. The smallest absolute Gasteiger partial charge is 0.340 e. The van der Waals surface area contributed by atoms with Crippen LogP contribution in [-0.2, 0) is 14.3 Å². The van der Waals surface area contributed by atoms with Gasteiger partial charge in [-0.15, -0.1) is 0 Å². The van der Waals surface area contributed by atoms with Gasteiger partial charge < -0.3 is 19.7 Å². The molecule has 0 saturated carbocycles. The van der Waals surface area contributed by atoms with Crippen LogP contribution >= 0.6 is 0 Å². The number of methoxy groups -OCH3 is 1. The number of anilines is 2. The molecule has 2 aromatic rings. The number of benzene rings is 1. The van der Waals surface area contributed by atoms with Gasteiger partial charge in [-0.3, -0.25) is 9.78 Å². The molecule has 0 radical (unpaired) electrons. The Kier molecular flexibility index (Phi) is 6.17. The predicted molar refractivity (Wildman–Crippen MR) is 103 cm³/mol. The van der Waals surface area contributed by atoms with Gasteiger partial charge in [-0.1, -0.05) is 6.07 Å². The maximum absolute atomic E-state index is 12.2. The first kappa shape index (κ1) is 18.6. The zero-order valence-electron chi connectivity index (χ0n) is 15.1. The van der Waals surface area contributed by atoms with Gasteiger partial charge in [-0.25, -0.2) is 4.79 Å². The van der Waals surface area contributed by atoms with Gasteiger partial charge in [0.25, 0.3) is 0 Å². The number of carbonyl (C=O) groups excluding carboxylic acids is 2. The second-order valence-corrected chi connectivity index (χ2v) is 5.93. The molecule has 1 aliphatic heterocycles. The van der Waals surface area contributed by atoms with Crippen LogP contribution in [-0.4, -0.2) is 50.3 Å². The van der Waals surface area contributed by atoms with E-state index in [-0.39, 0.29) is 5.91 Å². The topological polar surface area (TPSA) is 80.8 Å². The molecular formula is C20H21N3O4. The average Bonchev–Trinajstić information content (AvgIpc) is 2.73. The summed E-state index contributed by atoms with van der Waals surface area (Å²) in [5, 5.41) is 2.76. The molecule has 1 fully saturated rings. The van der Waals surface area contributed by atoms with Crippen molar-refractivity contribution in [1.29, 1.82) is 0 Å². The number of aromatic nitrogens is 1. The van der Waals surface area contributed by atoms with Crippen LogP contribution in [0.3, 0.4) is 0 Å². The Morgan fingerprint density at radius 2 is 2.07 bits per heavy atom. The lowest BCUT2D eigenvalue weighted by Gasteiger charge is -2.30. The van der Waals surface area contributed by atoms with Crippen LogP contribution in [0.25, 0.3) is 6.08 Å². The third-order valence-corrected chi connectivity index (χ3v) is 4.13. The molecule has 0 spiro atoms. The molecule has 1 aliphatic rings. The first-order chi connectivity index (χ1) is 13.2. The molecule has 0 aliphatic carbocycles. The van der Waals surface area contributed by atoms with Gasteiger partial charge >= 0.3 is 5.97 Å². The molecule has 27 heavy (non-hydrogen) atoms. The highest BCUT2D eigenvalue weighted by Crippen LogP contribution is 2.26. The summed E-state index contributed by atoms with van der Waals surface area (Å²) in [7, 11) is 1.34. The summed E-state index contributed by atoms with van der Waals surface area (Å²) < 4.78 is 10.3. The van der Waals surface area contributed by atoms with Crippen molar-refractivity contribution in [2.45, 2.75) is 0 Å². The number of esters is 1. The molecule has 2 heterocycles. The molecule has 3 rings (SSSR count). The molecule has 1 aromatic heterocycles. The molecule has 0 atom stereocenters. The highest BCUT2D eigenvalue weighted by atomic mass is 16.5. The number of rotatable bonds is 5. The lowest BCUT2D eigenvalue weighted by Crippen LogP contribution is -2.37. The molecule has 140 valence electrons. The van der Waals surface area contributed by atoms with E-state index >= 15 is 0 Å². The third-order valence-electron chi connectivity index (χ3n) is 4.13. The Morgan fingerprint density at radius 3 is 2.78 bits per heavy atom. The lowest BCUT2D eigenvalue weighted by molar-refractivity contribution is -0.111. The molecule has 1 N–H and O–H groups in total. The van der Waals surface area contributed by atoms with Crippen LogP contribution in [0.5, 0.6) is 0 Å². The number of amides is 1. The molecule has 0 unspecified atom stereocenters. The number of pyridine rings is 1. The number of nitrogens with zero attached hydrogens (tertiary/aromatic N) is 2. The minimum absolute atomic E-state index is 0.297. The van der Waals surface area contributed by atoms with Crippen molar-refractivity contribution < 1.29 is 19.1 Å². The fraction of sp³-hybridized carbons (Fsp3) is 0.250. The van der Waals surface area contributed by atoms with Crippen LogP contribution < -0.4 is 10.2 Å². The zero-order valence-corrected chi connectivity index (χ0v) is 15.1. The molecule has 1 aromatic carbocycles. The van der Waals surface area contributed by atoms with Crippen molar-refractivity contribution in [3.63, 3.8) is 0 Å². The van der Waals surface area contributed by atoms with Gasteiger partial charge in [0.1, 0.15) is 0 Å². The van der Waals surface area contributed by atoms with Crippen molar-refractivity contribution in [3.8, 4) is 0 Å². The summed E-state index contributed by atoms with van der Waals surface area (Å²) in [5.41, 5.74) is 2.53. The molecule has 1 amide bonds. The minimum Gasteiger partial charge on any atom is -0.465 e. The van der Waals surface area contributed by atoms with Crippen molar-refractivity contribution in [1.82, 2.24) is 4.98 Å². The maximum atomic E-state index is 12.2. The number of carbonyl (C=O) groups is 2. The molecule has 0 bridgehead atoms. The first-order valence-electron chi connectivity index (χ1n) is 8.61. The highest BCUT2D eigenvalue weighted by Gasteiger charge is 2.20. The van der Waals surface area contributed by atoms with E-state index < -0.39 is 5.97 Å². The van der Waals surface area contributed by atoms with Crippen molar-refractivity contribution in [3.05, 3.63) is 59.9 Å². The SMILES string of the molecule is COC(=O)c1cc(NC(=O)/C=C/c2cccnc2)ccc1N1CCOCC1. The summed E-state index contributed by atoms with van der Waals surface area (Å²) in [5.74, 6) is -0.743. The first-order valence-corrected chi connectivity index (χ1v) is 8.61. The standard InChI is InChI=1S/C20H21N3O4/c1-26-20(25)17-13-16(5-6-18(17)23-9-11-27-12-10-23)22-19(24)7-4-15-3-2-8-21-14-15/h2-8,13-14H,9-12H2,1H3,(H,22,24)/b7-4+. The van der Waals surface area contributed by atoms with Crippen LogP contribution in [0.4, 0.5) is 11.4 Å². The van der Waals surface area contributed by atoms with Gasteiger partial charge in [0.15, 0.2) is 0 Å². The summed E-state index contributed by atoms with van der Waals surface area (Å²) in [4.78, 5) is 30.4. The van der Waals surface area contributed by atoms with E-state index in [2.05, 4.69) is 15.2 Å². The van der Waals surface area contributed by atoms with E-state index in [9.17, 15) is 9.59 Å². The lowest BCUT2D eigenvalue weighted by atomic mass is 10.1. The fourth-order valence-electron chi connectivity index (χ4n) is 2.80. The molecule has 1 saturated heterocycles. The van der Waals surface area contributed by atoms with Gasteiger partial charge in [0.2, 0.25) is 5.91 Å². The van der Waals surface area contributed by atoms with Gasteiger partial charge in [-0.05, 0) is 35.9 Å². The number of morpholine rings is 1. The summed E-state index contributed by atoms with van der Waals surface area (Å²) in [6.07, 6.45) is 6.43. The minimum atomic E-state index is -0.446. The van der Waals surface area contributed by atoms with E-state index in [0.29, 0.717) is 37.6 Å². The van der Waals surface area contributed by atoms with Crippen molar-refractivity contribution in [2.75, 3.05) is 43.6 Å². The summed E-state index contributed by atoms with van der Waals surface area (Å²) >= 11 is 0. The van der Waals surface area contributed by atoms with Crippen molar-refractivity contribution >= 4 is 29.3 Å². The Labute approximate surface area is 157 Å². The van der Waals surface area contributed by atoms with Gasteiger partial charge in [0, 0.05) is 37.2 Å². The molecule has 7 heteroatoms. The highest BCUT2D eigenvalue weighted by molar-refractivity contribution is 6.03. The Balaban J connectivity index is 1.76. The summed E-state index contributed by atoms with van der Waals surface area (Å²) in [6.45, 7) is 2.61. The van der Waals surface area contributed by atoms with Crippen LogP contribution in [0, 0.1) is 0 Å². The number of ether oxygens (including phenoxy) is 2. The predicted octanol–water partition coefficient (Wildman–Crippen LogP) is 2.36. The number of hydrogen-bond donors (Lipinski definition) is 1. The molecular weight excluding hydrogens is 346 g/mol. The van der Waals surface area contributed by atoms with Crippen LogP contribution in [0.15, 0.2) is 48.8 Å². The third kappa shape index (κ3) is 4.92. The largest absolute Gasteiger partial charge is 0.465 e. The quantitative estimate of drug-likeness (QED) is 0.645. The molecule has 7 nitrogen and oxygen atoms in total. The zero-order chi connectivity index (χ0) is 19.1. The van der Waals surface area contributed by atoms with Gasteiger partial charge in [0.05, 0.1) is 31.6 Å². The average molecular weight is 367 g/mol. The Hall–Kier alpha value is -3.19. The monoisotopic (exact) mass is 367 g/mol. The van der Waals surface area contributed by atoms with Crippen molar-refractivity contribution in [2.24, 2.45) is 0 Å². The maximum Gasteiger partial charge on any atom is 0.340 e. The number of nitrogens with one attached hydrogen (secondary N) is 1. The van der Waals surface area contributed by atoms with E-state index in [1.165, 1.54) is 13.2 Å². The van der Waals surface area contributed by atoms with Crippen LogP contribution in [0.1, 0.15) is 15.9 Å². The van der Waals surface area contributed by atoms with E-state index in [4.69, 9.17) is 9.47 Å². The van der Waals surface area contributed by atoms with Crippen LogP contribution in [0.2, 0.25) is 0 Å². The Bertz CT molecular complexity index is 830. The fourth-order valence-corrected chi connectivity index (χ4v) is 2.80. The summed E-state index contributed by atoms with van der Waals surface area (Å²) in [6, 6.07) is 8.87. The van der Waals surface area contributed by atoms with E-state index in [1.54, 1.807) is 36.7 Å².